The predicted molar refractivity (Wildman–Crippen MR) is 127 cm³/mol. The van der Waals surface area contributed by atoms with Gasteiger partial charge >= 0.3 is 0 Å². The van der Waals surface area contributed by atoms with E-state index in [4.69, 9.17) is 0 Å². The fraction of sp³-hybridized carbons (Fsp3) is 0.478. The molecule has 1 amide bonds. The summed E-state index contributed by atoms with van der Waals surface area (Å²) in [4.78, 5) is 21.6. The Morgan fingerprint density at radius 1 is 1.07 bits per heavy atom. The second-order valence-corrected chi connectivity index (χ2v) is 8.71. The van der Waals surface area contributed by atoms with Crippen molar-refractivity contribution in [3.63, 3.8) is 0 Å². The van der Waals surface area contributed by atoms with Crippen LogP contribution in [0.25, 0.3) is 0 Å². The molecule has 0 saturated carbocycles. The van der Waals surface area contributed by atoms with E-state index in [2.05, 4.69) is 76.3 Å². The van der Waals surface area contributed by atoms with Gasteiger partial charge in [-0.05, 0) is 43.8 Å². The summed E-state index contributed by atoms with van der Waals surface area (Å²) < 4.78 is 0. The average molecular weight is 430 g/mol. The van der Waals surface area contributed by atoms with E-state index in [1.54, 1.807) is 30.3 Å². The maximum absolute atomic E-state index is 11.9. The Morgan fingerprint density at radius 3 is 2.47 bits per heavy atom. The van der Waals surface area contributed by atoms with E-state index in [0.717, 1.165) is 32.5 Å². The molecule has 6 nitrogen and oxygen atoms in total. The first-order chi connectivity index (χ1) is 14.5. The number of guanidine groups is 1. The topological polar surface area (TPSA) is 60.0 Å². The van der Waals surface area contributed by atoms with Crippen molar-refractivity contribution in [1.82, 2.24) is 20.4 Å². The highest BCUT2D eigenvalue weighted by Crippen LogP contribution is 2.09. The van der Waals surface area contributed by atoms with Gasteiger partial charge in [-0.1, -0.05) is 36.4 Å². The third kappa shape index (κ3) is 8.97. The van der Waals surface area contributed by atoms with Crippen molar-refractivity contribution >= 4 is 23.2 Å². The van der Waals surface area contributed by atoms with E-state index in [1.165, 1.54) is 10.4 Å². The summed E-state index contributed by atoms with van der Waals surface area (Å²) in [6.45, 7) is 4.89. The maximum Gasteiger partial charge on any atom is 0.243 e. The molecular formula is C23H35N5OS. The highest BCUT2D eigenvalue weighted by atomic mass is 32.1. The number of nitrogens with zero attached hydrogens (tertiary/aromatic N) is 3. The van der Waals surface area contributed by atoms with Crippen LogP contribution in [0.4, 0.5) is 0 Å². The molecule has 0 aliphatic rings. The minimum atomic E-state index is -0.00896. The lowest BCUT2D eigenvalue weighted by Crippen LogP contribution is -2.41. The van der Waals surface area contributed by atoms with Gasteiger partial charge in [-0.2, -0.15) is 0 Å². The van der Waals surface area contributed by atoms with Gasteiger partial charge in [0.1, 0.15) is 6.54 Å². The molecule has 0 radical (unpaired) electrons. The third-order valence-corrected chi connectivity index (χ3v) is 5.93. The fourth-order valence-corrected chi connectivity index (χ4v) is 3.58. The van der Waals surface area contributed by atoms with Gasteiger partial charge in [0, 0.05) is 44.6 Å². The summed E-state index contributed by atoms with van der Waals surface area (Å²) >= 11 is 1.76. The molecule has 2 rings (SSSR count). The molecule has 1 aromatic carbocycles. The first kappa shape index (κ1) is 23.9. The Labute approximate surface area is 185 Å². The number of hydrogen-bond acceptors (Lipinski definition) is 4. The molecule has 1 aromatic heterocycles. The zero-order valence-electron chi connectivity index (χ0n) is 18.6. The zero-order valence-corrected chi connectivity index (χ0v) is 19.4. The molecule has 2 N–H and O–H groups in total. The lowest BCUT2D eigenvalue weighted by Gasteiger charge is -2.25. The molecule has 1 unspecified atom stereocenters. The number of benzene rings is 1. The van der Waals surface area contributed by atoms with Crippen LogP contribution in [-0.4, -0.2) is 68.5 Å². The third-order valence-electron chi connectivity index (χ3n) is 5.00. The molecule has 30 heavy (non-hydrogen) atoms. The summed E-state index contributed by atoms with van der Waals surface area (Å²) in [7, 11) is 5.65. The number of thiophene rings is 1. The van der Waals surface area contributed by atoms with E-state index in [0.29, 0.717) is 12.0 Å². The van der Waals surface area contributed by atoms with Crippen molar-refractivity contribution in [3.05, 3.63) is 58.3 Å². The van der Waals surface area contributed by atoms with Crippen LogP contribution in [0.5, 0.6) is 0 Å². The van der Waals surface area contributed by atoms with Gasteiger partial charge < -0.3 is 15.5 Å². The molecule has 0 fully saturated rings. The van der Waals surface area contributed by atoms with Gasteiger partial charge in [-0.25, -0.2) is 4.99 Å². The van der Waals surface area contributed by atoms with Crippen LogP contribution in [0.3, 0.4) is 0 Å². The van der Waals surface area contributed by atoms with E-state index in [9.17, 15) is 4.79 Å². The Balaban J connectivity index is 1.80. The Bertz CT molecular complexity index is 761. The highest BCUT2D eigenvalue weighted by molar-refractivity contribution is 7.09. The lowest BCUT2D eigenvalue weighted by atomic mass is 10.1. The summed E-state index contributed by atoms with van der Waals surface area (Å²) in [6.07, 6.45) is 1.92. The molecule has 1 atom stereocenters. The van der Waals surface area contributed by atoms with Gasteiger partial charge in [-0.3, -0.25) is 9.69 Å². The largest absolute Gasteiger partial charge is 0.356 e. The van der Waals surface area contributed by atoms with Gasteiger partial charge in [0.25, 0.3) is 0 Å². The number of carbonyl (C=O) groups is 1. The molecule has 7 heteroatoms. The molecule has 0 aliphatic carbocycles. The number of rotatable bonds is 11. The highest BCUT2D eigenvalue weighted by Gasteiger charge is 2.10. The predicted octanol–water partition coefficient (Wildman–Crippen LogP) is 2.82. The first-order valence-corrected chi connectivity index (χ1v) is 11.3. The normalized spacial score (nSPS) is 12.6. The SMILES string of the molecule is CC(CCNC(=NCC(=O)N(C)C)NCCc1cccs1)N(C)Cc1ccccc1. The average Bonchev–Trinajstić information content (AvgIpc) is 3.25. The molecule has 2 aromatic rings. The molecule has 0 saturated heterocycles. The Kier molecular flexibility index (Phi) is 10.4. The number of likely N-dealkylation sites (N-methyl/N-ethyl adjacent to an activating group) is 1. The van der Waals surface area contributed by atoms with Crippen LogP contribution >= 0.6 is 11.3 Å². The standard InChI is InChI=1S/C23H35N5OS/c1-19(28(4)18-20-9-6-5-7-10-20)12-14-24-23(26-17-22(29)27(2)3)25-15-13-21-11-8-16-30-21/h5-11,16,19H,12-15,17-18H2,1-4H3,(H2,24,25,26). The van der Waals surface area contributed by atoms with Gasteiger partial charge in [0.05, 0.1) is 0 Å². The molecule has 1 heterocycles. The minimum Gasteiger partial charge on any atom is -0.356 e. The quantitative estimate of drug-likeness (QED) is 0.426. The van der Waals surface area contributed by atoms with Gasteiger partial charge in [0.2, 0.25) is 5.91 Å². The smallest absolute Gasteiger partial charge is 0.243 e. The maximum atomic E-state index is 11.9. The van der Waals surface area contributed by atoms with Crippen molar-refractivity contribution in [1.29, 1.82) is 0 Å². The number of carbonyl (C=O) groups excluding carboxylic acids is 1. The zero-order chi connectivity index (χ0) is 21.8. The second-order valence-electron chi connectivity index (χ2n) is 7.67. The fourth-order valence-electron chi connectivity index (χ4n) is 2.87. The van der Waals surface area contributed by atoms with Crippen LogP contribution in [0.15, 0.2) is 52.8 Å². The summed E-state index contributed by atoms with van der Waals surface area (Å²) in [5.41, 5.74) is 1.32. The number of aliphatic imine (C=N–C) groups is 1. The molecule has 0 bridgehead atoms. The monoisotopic (exact) mass is 429 g/mol. The van der Waals surface area contributed by atoms with Crippen LogP contribution in [0.1, 0.15) is 23.8 Å². The van der Waals surface area contributed by atoms with Gasteiger partial charge in [-0.15, -0.1) is 11.3 Å². The minimum absolute atomic E-state index is 0.00896. The number of hydrogen-bond donors (Lipinski definition) is 2. The van der Waals surface area contributed by atoms with Crippen molar-refractivity contribution in [3.8, 4) is 0 Å². The van der Waals surface area contributed by atoms with E-state index in [1.807, 2.05) is 6.07 Å². The van der Waals surface area contributed by atoms with Crippen LogP contribution in [0.2, 0.25) is 0 Å². The van der Waals surface area contributed by atoms with Gasteiger partial charge in [0.15, 0.2) is 5.96 Å². The van der Waals surface area contributed by atoms with E-state index < -0.39 is 0 Å². The first-order valence-electron chi connectivity index (χ1n) is 10.4. The molecular weight excluding hydrogens is 394 g/mol. The molecule has 164 valence electrons. The van der Waals surface area contributed by atoms with Crippen molar-refractivity contribution in [2.75, 3.05) is 40.8 Å². The molecule has 0 spiro atoms. The van der Waals surface area contributed by atoms with Crippen LogP contribution in [0, 0.1) is 0 Å². The van der Waals surface area contributed by atoms with Crippen LogP contribution in [-0.2, 0) is 17.8 Å². The van der Waals surface area contributed by atoms with E-state index in [-0.39, 0.29) is 12.5 Å². The van der Waals surface area contributed by atoms with E-state index >= 15 is 0 Å². The summed E-state index contributed by atoms with van der Waals surface area (Å²) in [6, 6.07) is 15.1. The molecule has 0 aliphatic heterocycles. The number of nitrogens with one attached hydrogen (secondary N) is 2. The van der Waals surface area contributed by atoms with Crippen molar-refractivity contribution in [2.45, 2.75) is 32.4 Å². The van der Waals surface area contributed by atoms with Crippen molar-refractivity contribution in [2.24, 2.45) is 4.99 Å². The summed E-state index contributed by atoms with van der Waals surface area (Å²) in [5, 5.41) is 8.83. The van der Waals surface area contributed by atoms with Crippen LogP contribution < -0.4 is 10.6 Å². The Morgan fingerprint density at radius 2 is 1.80 bits per heavy atom. The van der Waals surface area contributed by atoms with Crippen molar-refractivity contribution < 1.29 is 4.79 Å². The lowest BCUT2D eigenvalue weighted by molar-refractivity contribution is -0.127. The second kappa shape index (κ2) is 13.0. The summed E-state index contributed by atoms with van der Waals surface area (Å²) in [5.74, 6) is 0.685. The Hall–Kier alpha value is -2.38. The number of amides is 1.